The smallest absolute Gasteiger partial charge is 0.416 e. The highest BCUT2D eigenvalue weighted by atomic mass is 19.4. The first-order valence-electron chi connectivity index (χ1n) is 17.9. The maximum Gasteiger partial charge on any atom is 0.416 e. The number of hydrogen-bond donors (Lipinski definition) is 1. The molecule has 2 aromatic rings. The summed E-state index contributed by atoms with van der Waals surface area (Å²) in [7, 11) is 4.74. The van der Waals surface area contributed by atoms with Crippen molar-refractivity contribution in [1.29, 1.82) is 0 Å². The fourth-order valence-corrected chi connectivity index (χ4v) is 9.17. The third kappa shape index (κ3) is 7.30. The van der Waals surface area contributed by atoms with Gasteiger partial charge < -0.3 is 29.1 Å². The number of likely N-dealkylation sites (tertiary alicyclic amines) is 2. The fraction of sp³-hybridized carbons (Fsp3) is 0.632. The second-order valence-electron chi connectivity index (χ2n) is 14.8. The van der Waals surface area contributed by atoms with Gasteiger partial charge in [0, 0.05) is 82.5 Å². The average Bonchev–Trinajstić information content (AvgIpc) is 3.86. The number of ether oxygens (including phenoxy) is 3. The number of halogens is 4. The van der Waals surface area contributed by atoms with E-state index in [1.165, 1.54) is 13.2 Å². The molecule has 3 aliphatic heterocycles. The van der Waals surface area contributed by atoms with Crippen molar-refractivity contribution in [1.82, 2.24) is 9.80 Å². The van der Waals surface area contributed by atoms with E-state index in [9.17, 15) is 27.9 Å². The first-order valence-corrected chi connectivity index (χ1v) is 17.9. The number of piperidine rings is 1. The quantitative estimate of drug-likeness (QED) is 0.285. The number of carbonyl (C=O) groups excluding carboxylic acids is 1. The van der Waals surface area contributed by atoms with Gasteiger partial charge in [-0.25, -0.2) is 4.39 Å². The summed E-state index contributed by atoms with van der Waals surface area (Å²) in [5, 5.41) is 9.53. The number of rotatable bonds is 11. The zero-order chi connectivity index (χ0) is 36.6. The number of alkyl halides is 4. The van der Waals surface area contributed by atoms with Crippen LogP contribution in [0.25, 0.3) is 0 Å². The highest BCUT2D eigenvalue weighted by Crippen LogP contribution is 2.49. The summed E-state index contributed by atoms with van der Waals surface area (Å²) in [5.74, 6) is -2.98. The van der Waals surface area contributed by atoms with E-state index >= 15 is 4.39 Å². The van der Waals surface area contributed by atoms with Gasteiger partial charge in [0.25, 0.3) is 5.91 Å². The number of nitrogens with zero attached hydrogens (tertiary/aromatic N) is 3. The number of hydrogen-bond acceptors (Lipinski definition) is 7. The summed E-state index contributed by atoms with van der Waals surface area (Å²) in [4.78, 5) is 31.8. The number of amides is 1. The summed E-state index contributed by atoms with van der Waals surface area (Å²) in [6.07, 6.45) is -0.279. The summed E-state index contributed by atoms with van der Waals surface area (Å²) >= 11 is 0. The summed E-state index contributed by atoms with van der Waals surface area (Å²) in [6.45, 7) is 1.77. The molecular formula is C38H49F4N3O6. The molecule has 2 aromatic carbocycles. The molecule has 1 amide bonds. The highest BCUT2D eigenvalue weighted by molar-refractivity contribution is 5.88. The summed E-state index contributed by atoms with van der Waals surface area (Å²) in [5.41, 5.74) is -1.76. The molecule has 4 atom stereocenters. The molecule has 4 fully saturated rings. The van der Waals surface area contributed by atoms with Crippen LogP contribution >= 0.6 is 0 Å². The zero-order valence-corrected chi connectivity index (χ0v) is 29.6. The lowest BCUT2D eigenvalue weighted by Gasteiger charge is -2.38. The van der Waals surface area contributed by atoms with Gasteiger partial charge in [-0.1, -0.05) is 31.0 Å². The van der Waals surface area contributed by atoms with Crippen LogP contribution in [0.2, 0.25) is 0 Å². The molecule has 0 bridgehead atoms. The number of carboxylic acids is 1. The minimum Gasteiger partial charge on any atom is -0.497 e. The van der Waals surface area contributed by atoms with Gasteiger partial charge in [-0.3, -0.25) is 14.5 Å². The van der Waals surface area contributed by atoms with E-state index in [-0.39, 0.29) is 50.8 Å². The monoisotopic (exact) mass is 719 g/mol. The molecule has 1 saturated carbocycles. The van der Waals surface area contributed by atoms with Crippen molar-refractivity contribution in [2.75, 3.05) is 78.7 Å². The Morgan fingerprint density at radius 1 is 0.941 bits per heavy atom. The molecule has 0 radical (unpaired) electrons. The molecule has 6 rings (SSSR count). The molecule has 0 aromatic heterocycles. The Labute approximate surface area is 296 Å². The van der Waals surface area contributed by atoms with Crippen molar-refractivity contribution in [3.63, 3.8) is 0 Å². The maximum atomic E-state index is 18.0. The van der Waals surface area contributed by atoms with Crippen LogP contribution in [0.1, 0.15) is 67.1 Å². The first kappa shape index (κ1) is 37.3. The van der Waals surface area contributed by atoms with Crippen molar-refractivity contribution >= 4 is 17.6 Å². The van der Waals surface area contributed by atoms with E-state index < -0.39 is 47.0 Å². The summed E-state index contributed by atoms with van der Waals surface area (Å²) < 4.78 is 76.6. The molecule has 4 aliphatic rings. The standard InChI is InChI=1S/C38H49F4N3O6/c1-49-22-27-19-44(20-31(27)30-11-8-28(38(40,41)42)18-33(30)43-16-12-26(13-17-43)34(46)47)35(48)37(39)23-45(36(24-50-2)14-4-5-15-36)21-32(37)25-6-9-29(51-3)10-7-25/h6-11,18,26-27,31-32H,4-5,12-17,19-24H2,1-3H3,(H,46,47)/t27-,31+,32+,37+/m1/s1. The van der Waals surface area contributed by atoms with Crippen LogP contribution in [0.4, 0.5) is 23.2 Å². The lowest BCUT2D eigenvalue weighted by Crippen LogP contribution is -2.53. The first-order chi connectivity index (χ1) is 24.3. The molecule has 13 heteroatoms. The molecule has 3 saturated heterocycles. The van der Waals surface area contributed by atoms with Crippen LogP contribution < -0.4 is 9.64 Å². The molecule has 51 heavy (non-hydrogen) atoms. The number of carbonyl (C=O) groups is 2. The van der Waals surface area contributed by atoms with Crippen LogP contribution in [0, 0.1) is 11.8 Å². The van der Waals surface area contributed by atoms with Crippen LogP contribution in [-0.4, -0.2) is 112 Å². The van der Waals surface area contributed by atoms with Crippen molar-refractivity contribution in [2.24, 2.45) is 11.8 Å². The van der Waals surface area contributed by atoms with Gasteiger partial charge in [-0.05, 0) is 61.1 Å². The van der Waals surface area contributed by atoms with E-state index in [0.717, 1.165) is 37.8 Å². The molecule has 0 spiro atoms. The van der Waals surface area contributed by atoms with Crippen LogP contribution in [0.15, 0.2) is 42.5 Å². The van der Waals surface area contributed by atoms with Gasteiger partial charge in [0.2, 0.25) is 5.67 Å². The lowest BCUT2D eigenvalue weighted by molar-refractivity contribution is -0.144. The zero-order valence-electron chi connectivity index (χ0n) is 29.6. The number of methoxy groups -OCH3 is 3. The summed E-state index contributed by atoms with van der Waals surface area (Å²) in [6, 6.07) is 10.8. The molecule has 1 aliphatic carbocycles. The third-order valence-electron chi connectivity index (χ3n) is 11.9. The Bertz CT molecular complexity index is 1540. The topological polar surface area (TPSA) is 91.8 Å². The molecule has 280 valence electrons. The van der Waals surface area contributed by atoms with Gasteiger partial charge in [-0.2, -0.15) is 13.2 Å². The van der Waals surface area contributed by atoms with Gasteiger partial charge in [0.15, 0.2) is 0 Å². The predicted octanol–water partition coefficient (Wildman–Crippen LogP) is 5.97. The minimum atomic E-state index is -4.58. The number of carboxylic acid groups (broad SMARTS) is 1. The molecule has 9 nitrogen and oxygen atoms in total. The van der Waals surface area contributed by atoms with Gasteiger partial charge in [0.1, 0.15) is 5.75 Å². The largest absolute Gasteiger partial charge is 0.497 e. The van der Waals surface area contributed by atoms with Crippen molar-refractivity contribution in [3.05, 3.63) is 59.2 Å². The lowest BCUT2D eigenvalue weighted by atomic mass is 9.85. The van der Waals surface area contributed by atoms with Crippen LogP contribution in [0.3, 0.4) is 0 Å². The van der Waals surface area contributed by atoms with Gasteiger partial charge >= 0.3 is 12.1 Å². The number of anilines is 1. The molecule has 1 N–H and O–H groups in total. The van der Waals surface area contributed by atoms with Crippen molar-refractivity contribution < 1.29 is 46.5 Å². The third-order valence-corrected chi connectivity index (χ3v) is 11.9. The minimum absolute atomic E-state index is 0.0912. The fourth-order valence-electron chi connectivity index (χ4n) is 9.17. The van der Waals surface area contributed by atoms with Crippen molar-refractivity contribution in [3.8, 4) is 5.75 Å². The van der Waals surface area contributed by atoms with Gasteiger partial charge in [0.05, 0.1) is 31.8 Å². The maximum absolute atomic E-state index is 18.0. The number of benzene rings is 2. The molecule has 0 unspecified atom stereocenters. The Morgan fingerprint density at radius 3 is 2.22 bits per heavy atom. The second-order valence-corrected chi connectivity index (χ2v) is 14.8. The van der Waals surface area contributed by atoms with E-state index in [1.54, 1.807) is 31.3 Å². The Balaban J connectivity index is 1.34. The Kier molecular flexibility index (Phi) is 10.9. The number of aliphatic carboxylic acids is 1. The van der Waals surface area contributed by atoms with Crippen LogP contribution in [0.5, 0.6) is 5.75 Å². The molecular weight excluding hydrogens is 670 g/mol. The predicted molar refractivity (Wildman–Crippen MR) is 183 cm³/mol. The molecule has 3 heterocycles. The van der Waals surface area contributed by atoms with Crippen molar-refractivity contribution in [2.45, 2.75) is 67.7 Å². The second kappa shape index (κ2) is 14.9. The average molecular weight is 720 g/mol. The van der Waals surface area contributed by atoms with E-state index in [4.69, 9.17) is 14.2 Å². The van der Waals surface area contributed by atoms with E-state index in [2.05, 4.69) is 4.90 Å². The van der Waals surface area contributed by atoms with E-state index in [1.807, 2.05) is 17.0 Å². The SMILES string of the molecule is COC[C@H]1CN(C(=O)[C@]2(F)CN(C3(COC)CCCC3)C[C@H]2c2ccc(OC)cc2)C[C@@H]1c1ccc(C(F)(F)F)cc1N1CCC(C(=O)O)CC1. The highest BCUT2D eigenvalue weighted by Gasteiger charge is 2.60. The Morgan fingerprint density at radius 2 is 1.63 bits per heavy atom. The van der Waals surface area contributed by atoms with Gasteiger partial charge in [-0.15, -0.1) is 0 Å². The van der Waals surface area contributed by atoms with Crippen LogP contribution in [-0.2, 0) is 25.2 Å². The van der Waals surface area contributed by atoms with E-state index in [0.29, 0.717) is 48.6 Å². The normalized spacial score (nSPS) is 27.3. The Hall–Kier alpha value is -3.42.